The van der Waals surface area contributed by atoms with Crippen molar-refractivity contribution >= 4 is 11.8 Å². The second-order valence-electron chi connectivity index (χ2n) is 11.4. The van der Waals surface area contributed by atoms with E-state index in [4.69, 9.17) is 10.5 Å². The summed E-state index contributed by atoms with van der Waals surface area (Å²) in [5.41, 5.74) is 6.59. The minimum atomic E-state index is -0.579. The highest BCUT2D eigenvalue weighted by Crippen LogP contribution is 2.51. The Morgan fingerprint density at radius 1 is 0.689 bits per heavy atom. The van der Waals surface area contributed by atoms with E-state index in [2.05, 4.69) is 19.9 Å². The van der Waals surface area contributed by atoms with Gasteiger partial charge in [0, 0.05) is 60.6 Å². The van der Waals surface area contributed by atoms with Crippen LogP contribution in [-0.4, -0.2) is 44.8 Å². The summed E-state index contributed by atoms with van der Waals surface area (Å²) in [6, 6.07) is 7.18. The van der Waals surface area contributed by atoms with Gasteiger partial charge >= 0.3 is 5.97 Å². The van der Waals surface area contributed by atoms with E-state index in [9.17, 15) is 27.2 Å². The van der Waals surface area contributed by atoms with Gasteiger partial charge in [0.2, 0.25) is 0 Å². The van der Waals surface area contributed by atoms with Crippen molar-refractivity contribution in [3.8, 4) is 0 Å². The number of halogens is 4. The number of rotatable bonds is 10. The van der Waals surface area contributed by atoms with Crippen LogP contribution in [0, 0.1) is 23.3 Å². The fourth-order valence-electron chi connectivity index (χ4n) is 5.24. The lowest BCUT2D eigenvalue weighted by Gasteiger charge is -2.15. The fourth-order valence-corrected chi connectivity index (χ4v) is 5.24. The number of nitrogens with two attached hydrogens (primary N) is 1. The Hall–Kier alpha value is -4.58. The van der Waals surface area contributed by atoms with E-state index in [-0.39, 0.29) is 35.3 Å². The lowest BCUT2D eigenvalue weighted by atomic mass is 9.92. The average Bonchev–Trinajstić information content (AvgIpc) is 3.95. The van der Waals surface area contributed by atoms with Gasteiger partial charge in [-0.25, -0.2) is 42.3 Å². The van der Waals surface area contributed by atoms with Crippen LogP contribution < -0.4 is 5.73 Å². The van der Waals surface area contributed by atoms with Crippen LogP contribution in [0.25, 0.3) is 0 Å². The molecule has 2 aromatic heterocycles. The van der Waals surface area contributed by atoms with E-state index < -0.39 is 29.2 Å². The van der Waals surface area contributed by atoms with Gasteiger partial charge in [-0.2, -0.15) is 0 Å². The molecule has 0 radical (unpaired) electrons. The van der Waals surface area contributed by atoms with Crippen molar-refractivity contribution in [2.45, 2.75) is 56.3 Å². The SMILES string of the molecule is CCOC(=O)c1cnc(CC2(c3cc(F)cc(F)c3)CC2)nc1.NCC(=O)c1cnc(CC2(c3cc(F)cc(F)c3)CC2)nc1. The number of Topliss-reactive ketones (excluding diaryl/α,β-unsaturated/α-hetero) is 1. The summed E-state index contributed by atoms with van der Waals surface area (Å²) in [5, 5.41) is 0. The summed E-state index contributed by atoms with van der Waals surface area (Å²) in [5.74, 6) is -1.91. The van der Waals surface area contributed by atoms with Crippen molar-refractivity contribution in [2.24, 2.45) is 5.73 Å². The molecule has 0 atom stereocenters. The molecule has 2 N–H and O–H groups in total. The van der Waals surface area contributed by atoms with Crippen molar-refractivity contribution < 1.29 is 31.9 Å². The van der Waals surface area contributed by atoms with Gasteiger partial charge in [-0.15, -0.1) is 0 Å². The molecule has 2 fully saturated rings. The number of carbonyl (C=O) groups excluding carboxylic acids is 2. The van der Waals surface area contributed by atoms with Crippen LogP contribution in [-0.2, 0) is 28.4 Å². The summed E-state index contributed by atoms with van der Waals surface area (Å²) in [6.45, 7) is 1.92. The number of hydrogen-bond donors (Lipinski definition) is 1. The summed E-state index contributed by atoms with van der Waals surface area (Å²) >= 11 is 0. The topological polar surface area (TPSA) is 121 Å². The maximum atomic E-state index is 13.4. The summed E-state index contributed by atoms with van der Waals surface area (Å²) in [7, 11) is 0. The first-order chi connectivity index (χ1) is 21.5. The van der Waals surface area contributed by atoms with Gasteiger partial charge in [0.25, 0.3) is 0 Å². The van der Waals surface area contributed by atoms with Crippen molar-refractivity contribution in [1.82, 2.24) is 19.9 Å². The average molecular weight is 622 g/mol. The Bertz CT molecular complexity index is 1650. The van der Waals surface area contributed by atoms with Crippen LogP contribution in [0.3, 0.4) is 0 Å². The zero-order valence-electron chi connectivity index (χ0n) is 24.5. The number of nitrogens with zero attached hydrogens (tertiary/aromatic N) is 4. The van der Waals surface area contributed by atoms with Gasteiger partial charge in [0.1, 0.15) is 34.9 Å². The van der Waals surface area contributed by atoms with Crippen LogP contribution in [0.4, 0.5) is 17.6 Å². The van der Waals surface area contributed by atoms with Gasteiger partial charge in [0.05, 0.1) is 24.3 Å². The number of carbonyl (C=O) groups is 2. The molecule has 2 aliphatic rings. The predicted octanol–water partition coefficient (Wildman–Crippen LogP) is 5.38. The molecule has 12 heteroatoms. The number of aromatic nitrogens is 4. The van der Waals surface area contributed by atoms with Crippen molar-refractivity contribution in [1.29, 1.82) is 0 Å². The first kappa shape index (κ1) is 31.8. The Balaban J connectivity index is 0.000000178. The number of ketones is 1. The molecule has 45 heavy (non-hydrogen) atoms. The van der Waals surface area contributed by atoms with E-state index in [0.717, 1.165) is 37.8 Å². The third-order valence-electron chi connectivity index (χ3n) is 8.08. The van der Waals surface area contributed by atoms with Gasteiger partial charge in [-0.1, -0.05) is 0 Å². The number of esters is 1. The molecule has 2 saturated carbocycles. The molecule has 0 saturated heterocycles. The molecule has 2 aromatic carbocycles. The second kappa shape index (κ2) is 13.2. The highest BCUT2D eigenvalue weighted by molar-refractivity contribution is 5.96. The Morgan fingerprint density at radius 3 is 1.40 bits per heavy atom. The van der Waals surface area contributed by atoms with E-state index in [1.807, 2.05) is 0 Å². The monoisotopic (exact) mass is 621 g/mol. The van der Waals surface area contributed by atoms with Gasteiger partial charge in [-0.3, -0.25) is 4.79 Å². The molecule has 6 rings (SSSR count). The van der Waals surface area contributed by atoms with Crippen LogP contribution in [0.5, 0.6) is 0 Å². The maximum Gasteiger partial charge on any atom is 0.341 e. The largest absolute Gasteiger partial charge is 0.462 e. The van der Waals surface area contributed by atoms with E-state index in [1.165, 1.54) is 49.1 Å². The Labute approximate surface area is 257 Å². The molecule has 2 heterocycles. The number of benzene rings is 2. The van der Waals surface area contributed by atoms with Gasteiger partial charge < -0.3 is 10.5 Å². The van der Waals surface area contributed by atoms with Crippen molar-refractivity contribution in [3.05, 3.63) is 118 Å². The van der Waals surface area contributed by atoms with Gasteiger partial charge in [-0.05, 0) is 68.0 Å². The molecule has 8 nitrogen and oxygen atoms in total. The Morgan fingerprint density at radius 2 is 1.07 bits per heavy atom. The third-order valence-corrected chi connectivity index (χ3v) is 8.08. The number of hydrogen-bond acceptors (Lipinski definition) is 8. The standard InChI is InChI=1S/C17H16F2N2O2.C16H15F2N3O/c1-2-23-16(22)11-9-20-15(21-10-11)8-17(3-4-17)12-5-13(18)7-14(19)6-12;17-12-3-11(4-13(18)5-12)16(1-2-16)6-15-20-8-10(9-21-15)14(22)7-19/h5-7,9-10H,2-4,8H2,1H3;3-5,8-9H,1-2,6-7,19H2. The predicted molar refractivity (Wildman–Crippen MR) is 155 cm³/mol. The lowest BCUT2D eigenvalue weighted by molar-refractivity contribution is 0.0525. The third kappa shape index (κ3) is 7.75. The molecule has 4 aromatic rings. The normalized spacial score (nSPS) is 15.4. The molecule has 2 aliphatic carbocycles. The zero-order valence-corrected chi connectivity index (χ0v) is 24.5. The number of ether oxygens (including phenoxy) is 1. The molecule has 0 aliphatic heterocycles. The van der Waals surface area contributed by atoms with Crippen LogP contribution >= 0.6 is 0 Å². The van der Waals surface area contributed by atoms with Gasteiger partial charge in [0.15, 0.2) is 5.78 Å². The van der Waals surface area contributed by atoms with Crippen molar-refractivity contribution in [3.63, 3.8) is 0 Å². The lowest BCUT2D eigenvalue weighted by Crippen LogP contribution is -2.16. The molecule has 0 amide bonds. The van der Waals surface area contributed by atoms with Crippen LogP contribution in [0.15, 0.2) is 61.2 Å². The highest BCUT2D eigenvalue weighted by Gasteiger charge is 2.46. The molecule has 0 unspecified atom stereocenters. The minimum Gasteiger partial charge on any atom is -0.462 e. The quantitative estimate of drug-likeness (QED) is 0.142. The minimum absolute atomic E-state index is 0.0881. The maximum absolute atomic E-state index is 13.4. The van der Waals surface area contributed by atoms with Crippen LogP contribution in [0.1, 0.15) is 76.1 Å². The summed E-state index contributed by atoms with van der Waals surface area (Å²) in [6.07, 6.45) is 10.0. The van der Waals surface area contributed by atoms with E-state index in [0.29, 0.717) is 41.2 Å². The first-order valence-corrected chi connectivity index (χ1v) is 14.5. The molecule has 0 bridgehead atoms. The van der Waals surface area contributed by atoms with E-state index >= 15 is 0 Å². The van der Waals surface area contributed by atoms with Crippen molar-refractivity contribution in [2.75, 3.05) is 13.2 Å². The smallest absolute Gasteiger partial charge is 0.341 e. The highest BCUT2D eigenvalue weighted by atomic mass is 19.1. The second-order valence-corrected chi connectivity index (χ2v) is 11.4. The van der Waals surface area contributed by atoms with Crippen LogP contribution in [0.2, 0.25) is 0 Å². The Kier molecular flexibility index (Phi) is 9.33. The molecular weight excluding hydrogens is 590 g/mol. The molecular formula is C33H31F4N5O3. The zero-order chi connectivity index (χ0) is 32.2. The first-order valence-electron chi connectivity index (χ1n) is 14.5. The molecule has 234 valence electrons. The molecule has 0 spiro atoms. The van der Waals surface area contributed by atoms with E-state index in [1.54, 1.807) is 6.92 Å². The fraction of sp³-hybridized carbons (Fsp3) is 0.333. The summed E-state index contributed by atoms with van der Waals surface area (Å²) in [4.78, 5) is 39.7. The summed E-state index contributed by atoms with van der Waals surface area (Å²) < 4.78 is 58.5.